The van der Waals surface area contributed by atoms with Crippen molar-refractivity contribution < 1.29 is 14.4 Å². The zero-order chi connectivity index (χ0) is 12.1. The minimum absolute atomic E-state index is 0.414. The van der Waals surface area contributed by atoms with Crippen molar-refractivity contribution in [2.75, 3.05) is 6.61 Å². The van der Waals surface area contributed by atoms with Gasteiger partial charge in [0.15, 0.2) is 5.75 Å². The predicted octanol–water partition coefficient (Wildman–Crippen LogP) is 2.42. The molecule has 1 aromatic rings. The molecule has 0 bridgehead atoms. The van der Waals surface area contributed by atoms with Crippen LogP contribution in [0.3, 0.4) is 0 Å². The van der Waals surface area contributed by atoms with E-state index in [1.165, 1.54) is 11.1 Å². The van der Waals surface area contributed by atoms with Gasteiger partial charge in [-0.3, -0.25) is 0 Å². The second-order valence-corrected chi connectivity index (χ2v) is 3.97. The van der Waals surface area contributed by atoms with E-state index in [-0.39, 0.29) is 0 Å². The van der Waals surface area contributed by atoms with Crippen LogP contribution in [0.25, 0.3) is 0 Å². The Balaban J connectivity index is 3.14. The molecule has 3 nitrogen and oxygen atoms in total. The van der Waals surface area contributed by atoms with Gasteiger partial charge in [-0.1, -0.05) is 13.8 Å². The highest BCUT2D eigenvalue weighted by Crippen LogP contribution is 2.33. The first-order chi connectivity index (χ1) is 7.60. The van der Waals surface area contributed by atoms with Crippen molar-refractivity contribution in [2.45, 2.75) is 33.6 Å². The van der Waals surface area contributed by atoms with Crippen LogP contribution >= 0.6 is 0 Å². The molecule has 0 fully saturated rings. The molecule has 0 atom stereocenters. The lowest BCUT2D eigenvalue weighted by atomic mass is 9.97. The van der Waals surface area contributed by atoms with Crippen molar-refractivity contribution in [2.24, 2.45) is 0 Å². The van der Waals surface area contributed by atoms with Gasteiger partial charge in [0.25, 0.3) is 0 Å². The van der Waals surface area contributed by atoms with E-state index in [4.69, 9.17) is 14.4 Å². The molecule has 16 heavy (non-hydrogen) atoms. The molecule has 0 unspecified atom stereocenters. The lowest BCUT2D eigenvalue weighted by molar-refractivity contribution is 0.323. The van der Waals surface area contributed by atoms with Gasteiger partial charge in [-0.15, -0.1) is 0 Å². The van der Waals surface area contributed by atoms with Crippen molar-refractivity contribution in [1.82, 2.24) is 0 Å². The molecule has 0 saturated carbocycles. The van der Waals surface area contributed by atoms with Crippen LogP contribution in [0.2, 0.25) is 0 Å². The van der Waals surface area contributed by atoms with Gasteiger partial charge in [-0.05, 0) is 43.0 Å². The fraction of sp³-hybridized carbons (Fsp3) is 0.500. The van der Waals surface area contributed by atoms with Crippen LogP contribution in [0.5, 0.6) is 11.5 Å². The van der Waals surface area contributed by atoms with Crippen LogP contribution < -0.4 is 9.39 Å². The Hall–Kier alpha value is -1.16. The summed E-state index contributed by atoms with van der Waals surface area (Å²) in [5.41, 5.74) is 2.36. The highest BCUT2D eigenvalue weighted by Gasteiger charge is 2.12. The molecule has 1 N–H and O–H groups in total. The third-order valence-corrected chi connectivity index (χ3v) is 2.43. The first kappa shape index (κ1) is 12.9. The quantitative estimate of drug-likeness (QED) is 0.776. The van der Waals surface area contributed by atoms with Crippen LogP contribution in [-0.4, -0.2) is 19.3 Å². The molecule has 4 heteroatoms. The average Bonchev–Trinajstić information content (AvgIpc) is 2.22. The predicted molar refractivity (Wildman–Crippen MR) is 65.0 cm³/mol. The summed E-state index contributed by atoms with van der Waals surface area (Å²) in [6.45, 7) is 8.77. The first-order valence-corrected chi connectivity index (χ1v) is 5.50. The van der Waals surface area contributed by atoms with Gasteiger partial charge in [0.2, 0.25) is 0 Å². The molecule has 1 radical (unpaired) electrons. The minimum Gasteiger partial charge on any atom is -0.535 e. The lowest BCUT2D eigenvalue weighted by Gasteiger charge is -2.16. The van der Waals surface area contributed by atoms with Crippen LogP contribution in [0, 0.1) is 6.92 Å². The van der Waals surface area contributed by atoms with Gasteiger partial charge in [0.05, 0.1) is 6.61 Å². The molecule has 0 aliphatic carbocycles. The smallest absolute Gasteiger partial charge is 0.535 e. The zero-order valence-corrected chi connectivity index (χ0v) is 10.3. The van der Waals surface area contributed by atoms with Gasteiger partial charge in [0, 0.05) is 0 Å². The van der Waals surface area contributed by atoms with E-state index in [1.807, 2.05) is 26.0 Å². The second kappa shape index (κ2) is 5.80. The Morgan fingerprint density at radius 3 is 2.50 bits per heavy atom. The molecular formula is C12H18BO3. The molecule has 0 aliphatic heterocycles. The Bertz CT molecular complexity index is 350. The summed E-state index contributed by atoms with van der Waals surface area (Å²) in [5, 5.41) is 8.71. The lowest BCUT2D eigenvalue weighted by Crippen LogP contribution is -2.05. The molecule has 0 heterocycles. The highest BCUT2D eigenvalue weighted by molar-refractivity contribution is 6.17. The Labute approximate surface area is 97.7 Å². The van der Waals surface area contributed by atoms with Crippen LogP contribution in [0.1, 0.15) is 37.8 Å². The third-order valence-electron chi connectivity index (χ3n) is 2.43. The second-order valence-electron chi connectivity index (χ2n) is 3.97. The molecule has 0 spiro atoms. The molecule has 0 aromatic heterocycles. The Morgan fingerprint density at radius 2 is 2.00 bits per heavy atom. The molecule has 1 aromatic carbocycles. The summed E-state index contributed by atoms with van der Waals surface area (Å²) < 4.78 is 10.5. The highest BCUT2D eigenvalue weighted by atomic mass is 16.5. The van der Waals surface area contributed by atoms with Gasteiger partial charge in [-0.2, -0.15) is 0 Å². The van der Waals surface area contributed by atoms with Gasteiger partial charge < -0.3 is 14.4 Å². The van der Waals surface area contributed by atoms with Gasteiger partial charge >= 0.3 is 7.69 Å². The van der Waals surface area contributed by atoms with Crippen molar-refractivity contribution in [3.8, 4) is 11.5 Å². The summed E-state index contributed by atoms with van der Waals surface area (Å²) >= 11 is 0. The molecule has 0 amide bonds. The molecule has 0 aliphatic rings. The Kier molecular flexibility index (Phi) is 4.68. The van der Waals surface area contributed by atoms with E-state index in [9.17, 15) is 0 Å². The SMILES string of the molecule is CCOc1cc(C)c(C(C)C)cc1O[B]O. The van der Waals surface area contributed by atoms with E-state index in [2.05, 4.69) is 13.8 Å². The number of ether oxygens (including phenoxy) is 1. The Morgan fingerprint density at radius 1 is 1.31 bits per heavy atom. The summed E-state index contributed by atoms with van der Waals surface area (Å²) in [6, 6.07) is 3.86. The zero-order valence-electron chi connectivity index (χ0n) is 10.3. The third kappa shape index (κ3) is 2.92. The summed E-state index contributed by atoms with van der Waals surface area (Å²) in [6.07, 6.45) is 0. The van der Waals surface area contributed by atoms with E-state index >= 15 is 0 Å². The number of hydrogen-bond acceptors (Lipinski definition) is 3. The average molecular weight is 221 g/mol. The minimum atomic E-state index is 0.414. The van der Waals surface area contributed by atoms with E-state index in [1.54, 1.807) is 0 Å². The fourth-order valence-corrected chi connectivity index (χ4v) is 1.72. The van der Waals surface area contributed by atoms with Crippen molar-refractivity contribution >= 4 is 7.69 Å². The van der Waals surface area contributed by atoms with Crippen molar-refractivity contribution in [3.63, 3.8) is 0 Å². The number of benzene rings is 1. The number of hydrogen-bond donors (Lipinski definition) is 1. The summed E-state index contributed by atoms with van der Waals surface area (Å²) in [7, 11) is 0.678. The maximum absolute atomic E-state index is 8.71. The molecule has 1 rings (SSSR count). The topological polar surface area (TPSA) is 38.7 Å². The summed E-state index contributed by atoms with van der Waals surface area (Å²) in [4.78, 5) is 0. The number of rotatable bonds is 5. The first-order valence-electron chi connectivity index (χ1n) is 5.50. The normalized spacial score (nSPS) is 10.4. The van der Waals surface area contributed by atoms with E-state index in [0.29, 0.717) is 31.7 Å². The van der Waals surface area contributed by atoms with Crippen molar-refractivity contribution in [3.05, 3.63) is 23.3 Å². The van der Waals surface area contributed by atoms with Crippen LogP contribution in [0.15, 0.2) is 12.1 Å². The monoisotopic (exact) mass is 221 g/mol. The maximum atomic E-state index is 8.71. The standard InChI is InChI=1S/C12H18BO3/c1-5-15-11-6-9(4)10(8(2)3)7-12(11)16-13-14/h6-8,14H,5H2,1-4H3. The van der Waals surface area contributed by atoms with E-state index < -0.39 is 0 Å². The molecular weight excluding hydrogens is 203 g/mol. The number of aryl methyl sites for hydroxylation is 1. The van der Waals surface area contributed by atoms with Gasteiger partial charge in [-0.25, -0.2) is 0 Å². The maximum Gasteiger partial charge on any atom is 0.569 e. The van der Waals surface area contributed by atoms with Crippen LogP contribution in [0.4, 0.5) is 0 Å². The van der Waals surface area contributed by atoms with Crippen LogP contribution in [-0.2, 0) is 0 Å². The molecule has 0 saturated heterocycles. The summed E-state index contributed by atoms with van der Waals surface area (Å²) in [5.74, 6) is 1.63. The molecule has 87 valence electrons. The van der Waals surface area contributed by atoms with Crippen molar-refractivity contribution in [1.29, 1.82) is 0 Å². The van der Waals surface area contributed by atoms with E-state index in [0.717, 1.165) is 0 Å². The largest absolute Gasteiger partial charge is 0.569 e. The fourth-order valence-electron chi connectivity index (χ4n) is 1.72. The van der Waals surface area contributed by atoms with Gasteiger partial charge in [0.1, 0.15) is 5.75 Å².